The van der Waals surface area contributed by atoms with Crippen molar-refractivity contribution in [1.82, 2.24) is 5.43 Å². The van der Waals surface area contributed by atoms with Crippen LogP contribution in [0.5, 0.6) is 0 Å². The van der Waals surface area contributed by atoms with E-state index in [0.29, 0.717) is 0 Å². The highest BCUT2D eigenvalue weighted by molar-refractivity contribution is 5.75. The van der Waals surface area contributed by atoms with Crippen LogP contribution in [0.15, 0.2) is 0 Å². The maximum Gasteiger partial charge on any atom is 0.245 e. The number of alkyl halides is 2. The molecule has 3 N–H and O–H groups in total. The van der Waals surface area contributed by atoms with E-state index in [9.17, 15) is 13.6 Å². The monoisotopic (exact) mass is 152 g/mol. The van der Waals surface area contributed by atoms with E-state index in [4.69, 9.17) is 0 Å². The van der Waals surface area contributed by atoms with E-state index in [1.807, 2.05) is 0 Å². The topological polar surface area (TPSA) is 55.1 Å². The molecule has 0 saturated heterocycles. The molecule has 0 aromatic heterocycles. The number of nitrogens with one attached hydrogen (secondary N) is 1. The van der Waals surface area contributed by atoms with Gasteiger partial charge in [0, 0.05) is 12.8 Å². The van der Waals surface area contributed by atoms with E-state index in [2.05, 4.69) is 5.84 Å². The van der Waals surface area contributed by atoms with Gasteiger partial charge in [-0.1, -0.05) is 0 Å². The molecule has 0 aliphatic rings. The Morgan fingerprint density at radius 3 is 2.50 bits per heavy atom. The van der Waals surface area contributed by atoms with Crippen LogP contribution in [0, 0.1) is 0 Å². The molecule has 10 heavy (non-hydrogen) atoms. The van der Waals surface area contributed by atoms with Gasteiger partial charge in [0.15, 0.2) is 0 Å². The van der Waals surface area contributed by atoms with Gasteiger partial charge in [-0.05, 0) is 6.92 Å². The minimum Gasteiger partial charge on any atom is -0.294 e. The molecule has 0 aliphatic heterocycles. The Morgan fingerprint density at radius 2 is 2.20 bits per heavy atom. The maximum atomic E-state index is 12.0. The van der Waals surface area contributed by atoms with Crippen LogP contribution in [-0.2, 0) is 4.79 Å². The highest BCUT2D eigenvalue weighted by Gasteiger charge is 2.21. The summed E-state index contributed by atoms with van der Waals surface area (Å²) in [5, 5.41) is 0. The summed E-state index contributed by atoms with van der Waals surface area (Å²) in [6, 6.07) is 0. The molecule has 0 atom stereocenters. The molecule has 0 spiro atoms. The number of nitrogens with two attached hydrogens (primary N) is 1. The molecular weight excluding hydrogens is 142 g/mol. The Morgan fingerprint density at radius 1 is 1.70 bits per heavy atom. The molecule has 0 fully saturated rings. The number of rotatable bonds is 3. The molecule has 0 unspecified atom stereocenters. The van der Waals surface area contributed by atoms with Gasteiger partial charge in [-0.25, -0.2) is 14.6 Å². The molecule has 1 amide bonds. The second kappa shape index (κ2) is 3.46. The number of hydrogen-bond acceptors (Lipinski definition) is 2. The number of hydrogen-bond donors (Lipinski definition) is 2. The van der Waals surface area contributed by atoms with Gasteiger partial charge in [-0.15, -0.1) is 0 Å². The molecule has 3 nitrogen and oxygen atoms in total. The fourth-order valence-electron chi connectivity index (χ4n) is 0.405. The lowest BCUT2D eigenvalue weighted by molar-refractivity contribution is -0.122. The Hall–Kier alpha value is -0.710. The Kier molecular flexibility index (Phi) is 3.21. The van der Waals surface area contributed by atoms with E-state index in [1.54, 1.807) is 5.43 Å². The maximum absolute atomic E-state index is 12.0. The van der Waals surface area contributed by atoms with E-state index in [-0.39, 0.29) is 6.42 Å². The molecule has 0 aliphatic carbocycles. The van der Waals surface area contributed by atoms with Crippen LogP contribution in [0.3, 0.4) is 0 Å². The standard InChI is InChI=1S/C5H10F2N2O/c1-5(6,7)3-2-4(10)9-8/h2-3,8H2,1H3,(H,9,10). The van der Waals surface area contributed by atoms with Gasteiger partial charge < -0.3 is 0 Å². The largest absolute Gasteiger partial charge is 0.294 e. The van der Waals surface area contributed by atoms with Crippen LogP contribution in [0.25, 0.3) is 0 Å². The smallest absolute Gasteiger partial charge is 0.245 e. The minimum absolute atomic E-state index is 0.236. The van der Waals surface area contributed by atoms with Crippen LogP contribution < -0.4 is 11.3 Å². The van der Waals surface area contributed by atoms with Gasteiger partial charge in [-0.3, -0.25) is 10.2 Å². The fourth-order valence-corrected chi connectivity index (χ4v) is 0.405. The first-order chi connectivity index (χ1) is 4.45. The summed E-state index contributed by atoms with van der Waals surface area (Å²) < 4.78 is 24.0. The quantitative estimate of drug-likeness (QED) is 0.349. The van der Waals surface area contributed by atoms with E-state index in [1.165, 1.54) is 0 Å². The summed E-state index contributed by atoms with van der Waals surface area (Å²) in [4.78, 5) is 10.3. The third kappa shape index (κ3) is 5.43. The summed E-state index contributed by atoms with van der Waals surface area (Å²) >= 11 is 0. The summed E-state index contributed by atoms with van der Waals surface area (Å²) in [5.74, 6) is 1.30. The molecule has 60 valence electrons. The van der Waals surface area contributed by atoms with Crippen LogP contribution in [0.1, 0.15) is 19.8 Å². The molecule has 0 radical (unpaired) electrons. The Labute approximate surface area is 57.6 Å². The van der Waals surface area contributed by atoms with E-state index >= 15 is 0 Å². The van der Waals surface area contributed by atoms with Crippen molar-refractivity contribution in [3.63, 3.8) is 0 Å². The number of hydrazine groups is 1. The van der Waals surface area contributed by atoms with E-state index in [0.717, 1.165) is 6.92 Å². The first-order valence-electron chi connectivity index (χ1n) is 2.83. The molecule has 0 aromatic rings. The Bertz CT molecular complexity index is 121. The highest BCUT2D eigenvalue weighted by Crippen LogP contribution is 2.17. The predicted molar refractivity (Wildman–Crippen MR) is 32.2 cm³/mol. The van der Waals surface area contributed by atoms with Gasteiger partial charge in [0.25, 0.3) is 0 Å². The second-order valence-electron chi connectivity index (χ2n) is 2.14. The molecule has 0 aromatic carbocycles. The molecule has 5 heteroatoms. The van der Waals surface area contributed by atoms with Crippen molar-refractivity contribution >= 4 is 5.91 Å². The highest BCUT2D eigenvalue weighted by atomic mass is 19.3. The number of amides is 1. The lowest BCUT2D eigenvalue weighted by Crippen LogP contribution is -2.31. The van der Waals surface area contributed by atoms with E-state index < -0.39 is 18.3 Å². The van der Waals surface area contributed by atoms with Crippen molar-refractivity contribution in [2.75, 3.05) is 0 Å². The van der Waals surface area contributed by atoms with Crippen molar-refractivity contribution in [3.05, 3.63) is 0 Å². The minimum atomic E-state index is -2.79. The second-order valence-corrected chi connectivity index (χ2v) is 2.14. The average Bonchev–Trinajstić information content (AvgIpc) is 1.81. The predicted octanol–water partition coefficient (Wildman–Crippen LogP) is 0.412. The molecular formula is C5H10F2N2O. The van der Waals surface area contributed by atoms with Gasteiger partial charge in [-0.2, -0.15) is 0 Å². The summed E-state index contributed by atoms with van der Waals surface area (Å²) in [5.41, 5.74) is 1.77. The Balaban J connectivity index is 3.46. The molecule has 0 rings (SSSR count). The normalized spacial score (nSPS) is 11.2. The molecule has 0 saturated carbocycles. The van der Waals surface area contributed by atoms with Gasteiger partial charge in [0.05, 0.1) is 0 Å². The zero-order valence-corrected chi connectivity index (χ0v) is 5.66. The molecule has 0 bridgehead atoms. The number of halogens is 2. The summed E-state index contributed by atoms with van der Waals surface area (Å²) in [7, 11) is 0. The summed E-state index contributed by atoms with van der Waals surface area (Å²) in [6.07, 6.45) is -0.698. The average molecular weight is 152 g/mol. The van der Waals surface area contributed by atoms with Crippen molar-refractivity contribution in [3.8, 4) is 0 Å². The first kappa shape index (κ1) is 9.29. The van der Waals surface area contributed by atoms with Crippen LogP contribution in [-0.4, -0.2) is 11.8 Å². The third-order valence-corrected chi connectivity index (χ3v) is 0.952. The van der Waals surface area contributed by atoms with Crippen molar-refractivity contribution in [1.29, 1.82) is 0 Å². The third-order valence-electron chi connectivity index (χ3n) is 0.952. The lowest BCUT2D eigenvalue weighted by Gasteiger charge is -2.07. The zero-order chi connectivity index (χ0) is 8.20. The van der Waals surface area contributed by atoms with Crippen LogP contribution >= 0.6 is 0 Å². The SMILES string of the molecule is CC(F)(F)CCC(=O)NN. The fraction of sp³-hybridized carbons (Fsp3) is 0.800. The van der Waals surface area contributed by atoms with Crippen LogP contribution in [0.4, 0.5) is 8.78 Å². The van der Waals surface area contributed by atoms with Gasteiger partial charge in [0.2, 0.25) is 11.8 Å². The van der Waals surface area contributed by atoms with Crippen LogP contribution in [0.2, 0.25) is 0 Å². The molecule has 0 heterocycles. The number of carbonyl (C=O) groups is 1. The van der Waals surface area contributed by atoms with Crippen molar-refractivity contribution in [2.24, 2.45) is 5.84 Å². The zero-order valence-electron chi connectivity index (χ0n) is 5.66. The van der Waals surface area contributed by atoms with Gasteiger partial charge in [0.1, 0.15) is 0 Å². The first-order valence-corrected chi connectivity index (χ1v) is 2.83. The summed E-state index contributed by atoms with van der Waals surface area (Å²) in [6.45, 7) is 0.761. The van der Waals surface area contributed by atoms with Gasteiger partial charge >= 0.3 is 0 Å². The van der Waals surface area contributed by atoms with Crippen molar-refractivity contribution in [2.45, 2.75) is 25.7 Å². The van der Waals surface area contributed by atoms with Crippen molar-refractivity contribution < 1.29 is 13.6 Å². The lowest BCUT2D eigenvalue weighted by atomic mass is 10.2. The number of carbonyl (C=O) groups excluding carboxylic acids is 1.